The van der Waals surface area contributed by atoms with Gasteiger partial charge in [0.1, 0.15) is 23.5 Å². The normalized spacial score (nSPS) is 11.8. The molecule has 1 amide bonds. The molecule has 0 radical (unpaired) electrons. The van der Waals surface area contributed by atoms with Crippen molar-refractivity contribution in [2.45, 2.75) is 26.1 Å². The molecular weight excluding hydrogens is 443 g/mol. The number of nitrogens with one attached hydrogen (secondary N) is 1. The number of rotatable bonds is 5. The number of alkyl halides is 5. The summed E-state index contributed by atoms with van der Waals surface area (Å²) in [4.78, 5) is 21.5. The summed E-state index contributed by atoms with van der Waals surface area (Å²) < 4.78 is 118. The molecule has 0 aliphatic rings. The van der Waals surface area contributed by atoms with E-state index in [0.29, 0.717) is 4.68 Å². The maximum atomic E-state index is 13.8. The van der Waals surface area contributed by atoms with Gasteiger partial charge in [-0.1, -0.05) is 0 Å². The number of nitrogens with zero attached hydrogens (tertiary/aromatic N) is 3. The van der Waals surface area contributed by atoms with Crippen molar-refractivity contribution in [3.8, 4) is 0 Å². The average Bonchev–Trinajstić information content (AvgIpc) is 2.93. The first-order chi connectivity index (χ1) is 13.7. The minimum atomic E-state index is -5.80. The van der Waals surface area contributed by atoms with Crippen LogP contribution in [0.15, 0.2) is 0 Å². The van der Waals surface area contributed by atoms with Gasteiger partial charge in [-0.05, 0) is 6.92 Å². The Morgan fingerprint density at radius 3 is 2.00 bits per heavy atom. The largest absolute Gasteiger partial charge is 0.422 e. The molecule has 30 heavy (non-hydrogen) atoms. The Balaban J connectivity index is 2.41. The lowest BCUT2D eigenvalue weighted by Crippen LogP contribution is -2.24. The van der Waals surface area contributed by atoms with Crippen molar-refractivity contribution in [2.75, 3.05) is 5.32 Å². The third-order valence-electron chi connectivity index (χ3n) is 3.69. The van der Waals surface area contributed by atoms with E-state index in [1.54, 1.807) is 0 Å². The van der Waals surface area contributed by atoms with Crippen LogP contribution >= 0.6 is 0 Å². The number of amides is 1. The van der Waals surface area contributed by atoms with Crippen molar-refractivity contribution in [3.63, 3.8) is 0 Å². The fraction of sp³-hybridized carbons (Fsp3) is 0.286. The third kappa shape index (κ3) is 4.02. The Morgan fingerprint density at radius 1 is 1.13 bits per heavy atom. The van der Waals surface area contributed by atoms with Gasteiger partial charge in [0.05, 0.1) is 4.92 Å². The number of hydrogen-bond acceptors (Lipinski definition) is 4. The quantitative estimate of drug-likeness (QED) is 0.319. The summed E-state index contributed by atoms with van der Waals surface area (Å²) >= 11 is 0. The third-order valence-corrected chi connectivity index (χ3v) is 3.69. The molecule has 2 rings (SSSR count). The Labute approximate surface area is 159 Å². The van der Waals surface area contributed by atoms with E-state index in [4.69, 9.17) is 0 Å². The van der Waals surface area contributed by atoms with Crippen LogP contribution in [0, 0.1) is 40.3 Å². The second-order valence-corrected chi connectivity index (χ2v) is 5.59. The summed E-state index contributed by atoms with van der Waals surface area (Å²) in [6.07, 6.45) is -9.23. The molecule has 1 N–H and O–H groups in total. The van der Waals surface area contributed by atoms with E-state index in [0.717, 1.165) is 6.92 Å². The van der Waals surface area contributed by atoms with E-state index < -0.39 is 81.6 Å². The number of carbonyl (C=O) groups excluding carboxylic acids is 1. The van der Waals surface area contributed by atoms with E-state index in [1.165, 1.54) is 5.32 Å². The van der Waals surface area contributed by atoms with Crippen LogP contribution in [0.4, 0.5) is 50.9 Å². The molecule has 0 unspecified atom stereocenters. The molecule has 16 heteroatoms. The SMILES string of the molecule is Cc1c([N+](=O)[O-])c(C(F)F)nn1CC(=O)Nc1c(F)c(F)c(C(F)(F)F)c(F)c1F. The minimum Gasteiger partial charge on any atom is -0.319 e. The second-order valence-electron chi connectivity index (χ2n) is 5.59. The standard InChI is InChI=1S/C14H7F9N4O3/c1-3-12(27(29)30)11(13(19)20)25-26(3)2-4(28)24-10-8(17)6(15)5(14(21,22)23)7(16)9(10)18/h13H,2H2,1H3,(H,24,28). The van der Waals surface area contributed by atoms with E-state index >= 15 is 0 Å². The minimum absolute atomic E-state index is 0.335. The first-order valence-corrected chi connectivity index (χ1v) is 7.41. The number of hydrogen-bond donors (Lipinski definition) is 1. The molecule has 1 heterocycles. The molecule has 0 saturated carbocycles. The number of halogens is 9. The van der Waals surface area contributed by atoms with Crippen LogP contribution in [0.2, 0.25) is 0 Å². The molecule has 0 atom stereocenters. The van der Waals surface area contributed by atoms with Gasteiger partial charge in [0, 0.05) is 0 Å². The van der Waals surface area contributed by atoms with E-state index in [2.05, 4.69) is 5.10 Å². The zero-order chi connectivity index (χ0) is 23.1. The molecule has 1 aromatic heterocycles. The second kappa shape index (κ2) is 7.83. The molecule has 0 aliphatic heterocycles. The van der Waals surface area contributed by atoms with Gasteiger partial charge in [-0.25, -0.2) is 26.3 Å². The van der Waals surface area contributed by atoms with Crippen LogP contribution in [0.25, 0.3) is 0 Å². The number of anilines is 1. The highest BCUT2D eigenvalue weighted by atomic mass is 19.4. The molecule has 1 aromatic carbocycles. The average molecular weight is 450 g/mol. The Kier molecular flexibility index (Phi) is 5.99. The van der Waals surface area contributed by atoms with Crippen molar-refractivity contribution < 1.29 is 49.2 Å². The smallest absolute Gasteiger partial charge is 0.319 e. The first kappa shape index (κ1) is 23.0. The van der Waals surface area contributed by atoms with Gasteiger partial charge in [0.25, 0.3) is 6.43 Å². The Bertz CT molecular complexity index is 1000. The molecule has 164 valence electrons. The molecule has 7 nitrogen and oxygen atoms in total. The van der Waals surface area contributed by atoms with Crippen molar-refractivity contribution >= 4 is 17.3 Å². The highest BCUT2D eigenvalue weighted by Gasteiger charge is 2.42. The van der Waals surface area contributed by atoms with E-state index in [-0.39, 0.29) is 0 Å². The van der Waals surface area contributed by atoms with Gasteiger partial charge in [0.2, 0.25) is 11.6 Å². The van der Waals surface area contributed by atoms with Gasteiger partial charge in [-0.3, -0.25) is 19.6 Å². The molecule has 0 spiro atoms. The van der Waals surface area contributed by atoms with Crippen LogP contribution in [-0.4, -0.2) is 20.6 Å². The molecule has 0 bridgehead atoms. The predicted octanol–water partition coefficient (Wildman–Crippen LogP) is 4.25. The lowest BCUT2D eigenvalue weighted by Gasteiger charge is -2.14. The molecule has 0 saturated heterocycles. The predicted molar refractivity (Wildman–Crippen MR) is 78.5 cm³/mol. The van der Waals surface area contributed by atoms with Crippen molar-refractivity contribution in [1.29, 1.82) is 0 Å². The number of nitro groups is 1. The molecule has 0 fully saturated rings. The fourth-order valence-electron chi connectivity index (χ4n) is 2.39. The monoisotopic (exact) mass is 450 g/mol. The number of benzene rings is 1. The Morgan fingerprint density at radius 2 is 1.63 bits per heavy atom. The van der Waals surface area contributed by atoms with Crippen molar-refractivity contribution in [2.24, 2.45) is 0 Å². The summed E-state index contributed by atoms with van der Waals surface area (Å²) in [6.45, 7) is -0.300. The fourth-order valence-corrected chi connectivity index (χ4v) is 2.39. The highest BCUT2D eigenvalue weighted by molar-refractivity contribution is 5.91. The van der Waals surface area contributed by atoms with Crippen molar-refractivity contribution in [1.82, 2.24) is 9.78 Å². The van der Waals surface area contributed by atoms with Crippen LogP contribution in [0.5, 0.6) is 0 Å². The number of aromatic nitrogens is 2. The summed E-state index contributed by atoms with van der Waals surface area (Å²) in [5.74, 6) is -12.4. The zero-order valence-electron chi connectivity index (χ0n) is 14.3. The first-order valence-electron chi connectivity index (χ1n) is 7.41. The van der Waals surface area contributed by atoms with Gasteiger partial charge >= 0.3 is 11.9 Å². The summed E-state index contributed by atoms with van der Waals surface area (Å²) in [5.41, 5.74) is -7.83. The summed E-state index contributed by atoms with van der Waals surface area (Å²) in [7, 11) is 0. The zero-order valence-corrected chi connectivity index (χ0v) is 14.3. The Hall–Kier alpha value is -3.33. The molecular formula is C14H7F9N4O3. The van der Waals surface area contributed by atoms with Crippen LogP contribution in [0.3, 0.4) is 0 Å². The van der Waals surface area contributed by atoms with Crippen molar-refractivity contribution in [3.05, 3.63) is 50.3 Å². The van der Waals surface area contributed by atoms with Gasteiger partial charge < -0.3 is 5.32 Å². The lowest BCUT2D eigenvalue weighted by molar-refractivity contribution is -0.386. The van der Waals surface area contributed by atoms with Gasteiger partial charge in [-0.2, -0.15) is 18.3 Å². The maximum absolute atomic E-state index is 13.8. The van der Waals surface area contributed by atoms with Crippen LogP contribution < -0.4 is 5.32 Å². The summed E-state index contributed by atoms with van der Waals surface area (Å²) in [6, 6.07) is 0. The highest BCUT2D eigenvalue weighted by Crippen LogP contribution is 2.38. The van der Waals surface area contributed by atoms with Crippen LogP contribution in [-0.2, 0) is 17.5 Å². The number of carbonyl (C=O) groups is 1. The topological polar surface area (TPSA) is 90.1 Å². The van der Waals surface area contributed by atoms with Crippen LogP contribution in [0.1, 0.15) is 23.4 Å². The molecule has 0 aliphatic carbocycles. The van der Waals surface area contributed by atoms with E-state index in [1.807, 2.05) is 0 Å². The molecule has 2 aromatic rings. The van der Waals surface area contributed by atoms with Gasteiger partial charge in [-0.15, -0.1) is 0 Å². The summed E-state index contributed by atoms with van der Waals surface area (Å²) in [5, 5.41) is 15.2. The van der Waals surface area contributed by atoms with E-state index in [9.17, 15) is 54.4 Å². The maximum Gasteiger partial charge on any atom is 0.422 e. The lowest BCUT2D eigenvalue weighted by atomic mass is 10.1. The van der Waals surface area contributed by atoms with Gasteiger partial charge in [0.15, 0.2) is 23.3 Å².